The lowest BCUT2D eigenvalue weighted by Crippen LogP contribution is -2.02. The van der Waals surface area contributed by atoms with Crippen molar-refractivity contribution >= 4 is 28.2 Å². The van der Waals surface area contributed by atoms with Crippen molar-refractivity contribution in [2.24, 2.45) is 0 Å². The molecule has 0 aliphatic heterocycles. The Morgan fingerprint density at radius 2 is 1.71 bits per heavy atom. The fourth-order valence-electron chi connectivity index (χ4n) is 3.83. The highest BCUT2D eigenvalue weighted by atomic mass is 16.5. The molecule has 0 radical (unpaired) electrons. The number of nitrogens with zero attached hydrogens (tertiary/aromatic N) is 3. The van der Waals surface area contributed by atoms with Gasteiger partial charge in [0.2, 0.25) is 0 Å². The van der Waals surface area contributed by atoms with Gasteiger partial charge < -0.3 is 10.1 Å². The van der Waals surface area contributed by atoms with Crippen molar-refractivity contribution in [2.45, 2.75) is 6.92 Å². The molecule has 0 spiro atoms. The Bertz CT molecular complexity index is 1410. The third-order valence-corrected chi connectivity index (χ3v) is 5.21. The van der Waals surface area contributed by atoms with Crippen LogP contribution in [0.1, 0.15) is 12.5 Å². The normalized spacial score (nSPS) is 10.8. The molecule has 0 bridgehead atoms. The van der Waals surface area contributed by atoms with Gasteiger partial charge in [-0.15, -0.1) is 0 Å². The Labute approximate surface area is 180 Å². The fourth-order valence-corrected chi connectivity index (χ4v) is 3.83. The zero-order chi connectivity index (χ0) is 21.2. The van der Waals surface area contributed by atoms with Gasteiger partial charge in [-0.05, 0) is 55.0 Å². The second-order valence-corrected chi connectivity index (χ2v) is 7.14. The van der Waals surface area contributed by atoms with Crippen LogP contribution in [0.5, 0.6) is 5.75 Å². The number of rotatable bonds is 5. The van der Waals surface area contributed by atoms with Gasteiger partial charge >= 0.3 is 0 Å². The highest BCUT2D eigenvalue weighted by Gasteiger charge is 2.18. The lowest BCUT2D eigenvalue weighted by molar-refractivity contribution is 0.340. The minimum Gasteiger partial charge on any atom is -0.494 e. The first-order valence-corrected chi connectivity index (χ1v) is 10.2. The van der Waals surface area contributed by atoms with E-state index < -0.39 is 0 Å². The monoisotopic (exact) mass is 404 g/mol. The molecule has 31 heavy (non-hydrogen) atoms. The molecule has 0 saturated heterocycles. The number of nitrogens with one attached hydrogen (secondary N) is 1. The van der Waals surface area contributed by atoms with Crippen molar-refractivity contribution < 1.29 is 4.74 Å². The van der Waals surface area contributed by atoms with Gasteiger partial charge in [0.15, 0.2) is 5.65 Å². The van der Waals surface area contributed by atoms with E-state index in [0.29, 0.717) is 17.8 Å². The van der Waals surface area contributed by atoms with Gasteiger partial charge in [0.1, 0.15) is 23.2 Å². The molecule has 0 aliphatic carbocycles. The molecule has 2 aromatic heterocycles. The van der Waals surface area contributed by atoms with E-state index in [1.54, 1.807) is 0 Å². The second kappa shape index (κ2) is 7.85. The van der Waals surface area contributed by atoms with Crippen LogP contribution in [-0.2, 0) is 0 Å². The van der Waals surface area contributed by atoms with E-state index in [1.165, 1.54) is 0 Å². The highest BCUT2D eigenvalue weighted by Crippen LogP contribution is 2.34. The highest BCUT2D eigenvalue weighted by molar-refractivity contribution is 5.90. The summed E-state index contributed by atoms with van der Waals surface area (Å²) in [5, 5.41) is 13.5. The first kappa shape index (κ1) is 18.7. The quantitative estimate of drug-likeness (QED) is 0.381. The van der Waals surface area contributed by atoms with Crippen molar-refractivity contribution in [2.75, 3.05) is 11.9 Å². The summed E-state index contributed by atoms with van der Waals surface area (Å²) < 4.78 is 7.57. The number of ether oxygens (including phenoxy) is 1. The molecule has 0 fully saturated rings. The molecule has 0 saturated carbocycles. The van der Waals surface area contributed by atoms with Crippen LogP contribution in [0.2, 0.25) is 0 Å². The Morgan fingerprint density at radius 3 is 2.45 bits per heavy atom. The van der Waals surface area contributed by atoms with Crippen molar-refractivity contribution in [1.82, 2.24) is 9.38 Å². The molecular weight excluding hydrogens is 384 g/mol. The number of imidazole rings is 1. The van der Waals surface area contributed by atoms with E-state index in [9.17, 15) is 5.26 Å². The third kappa shape index (κ3) is 3.34. The first-order valence-electron chi connectivity index (χ1n) is 10.2. The Balaban J connectivity index is 1.75. The van der Waals surface area contributed by atoms with Gasteiger partial charge in [-0.25, -0.2) is 4.98 Å². The SMILES string of the molecule is CCOc1ccc(Nc2cc(-c3ccccc3)c(C#N)c3nc4ccccc4n23)cc1. The molecule has 5 nitrogen and oxygen atoms in total. The number of hydrogen-bond donors (Lipinski definition) is 1. The average Bonchev–Trinajstić information content (AvgIpc) is 3.21. The van der Waals surface area contributed by atoms with Crippen LogP contribution in [-0.4, -0.2) is 16.0 Å². The molecular formula is C26H20N4O. The summed E-state index contributed by atoms with van der Waals surface area (Å²) in [5.41, 5.74) is 5.73. The van der Waals surface area contributed by atoms with Crippen molar-refractivity contribution in [3.8, 4) is 22.9 Å². The summed E-state index contributed by atoms with van der Waals surface area (Å²) in [6.07, 6.45) is 0. The van der Waals surface area contributed by atoms with E-state index in [0.717, 1.165) is 39.4 Å². The molecule has 0 amide bonds. The van der Waals surface area contributed by atoms with Gasteiger partial charge in [0.25, 0.3) is 0 Å². The van der Waals surface area contributed by atoms with Gasteiger partial charge in [0, 0.05) is 11.3 Å². The zero-order valence-corrected chi connectivity index (χ0v) is 17.0. The summed E-state index contributed by atoms with van der Waals surface area (Å²) in [6.45, 7) is 2.60. The molecule has 150 valence electrons. The van der Waals surface area contributed by atoms with Crippen molar-refractivity contribution in [1.29, 1.82) is 5.26 Å². The molecule has 3 aromatic carbocycles. The smallest absolute Gasteiger partial charge is 0.158 e. The Hall–Kier alpha value is -4.30. The summed E-state index contributed by atoms with van der Waals surface area (Å²) in [4.78, 5) is 4.79. The predicted molar refractivity (Wildman–Crippen MR) is 124 cm³/mol. The number of anilines is 2. The molecule has 2 heterocycles. The molecule has 5 aromatic rings. The van der Waals surface area contributed by atoms with Gasteiger partial charge in [-0.3, -0.25) is 4.40 Å². The number of hydrogen-bond acceptors (Lipinski definition) is 4. The molecule has 0 atom stereocenters. The number of benzene rings is 3. The maximum absolute atomic E-state index is 10.0. The van der Waals surface area contributed by atoms with Gasteiger partial charge in [0.05, 0.1) is 17.6 Å². The van der Waals surface area contributed by atoms with E-state index in [4.69, 9.17) is 9.72 Å². The minimum absolute atomic E-state index is 0.555. The van der Waals surface area contributed by atoms with Crippen LogP contribution >= 0.6 is 0 Å². The number of aromatic nitrogens is 2. The maximum atomic E-state index is 10.0. The molecule has 0 aliphatic rings. The predicted octanol–water partition coefficient (Wildman–Crippen LogP) is 6.17. The van der Waals surface area contributed by atoms with E-state index in [-0.39, 0.29) is 0 Å². The second-order valence-electron chi connectivity index (χ2n) is 7.14. The van der Waals surface area contributed by atoms with Crippen LogP contribution in [0.4, 0.5) is 11.5 Å². The van der Waals surface area contributed by atoms with Crippen molar-refractivity contribution in [3.63, 3.8) is 0 Å². The molecule has 5 rings (SSSR count). The lowest BCUT2D eigenvalue weighted by Gasteiger charge is -2.15. The summed E-state index contributed by atoms with van der Waals surface area (Å²) in [5.74, 6) is 1.67. The standard InChI is InChI=1S/C26H20N4O/c1-2-31-20-14-12-19(13-15-20)28-25-16-21(18-8-4-3-5-9-18)22(17-27)26-29-23-10-6-7-11-24(23)30(25)26/h3-16,28H,2H2,1H3. The average molecular weight is 404 g/mol. The first-order chi connectivity index (χ1) is 15.3. The fraction of sp³-hybridized carbons (Fsp3) is 0.0769. The number of pyridine rings is 1. The summed E-state index contributed by atoms with van der Waals surface area (Å²) >= 11 is 0. The van der Waals surface area contributed by atoms with Crippen LogP contribution in [0.25, 0.3) is 27.8 Å². The lowest BCUT2D eigenvalue weighted by atomic mass is 10.0. The van der Waals surface area contributed by atoms with Crippen LogP contribution in [0.15, 0.2) is 84.9 Å². The molecule has 5 heteroatoms. The van der Waals surface area contributed by atoms with E-state index in [1.807, 2.05) is 96.3 Å². The zero-order valence-electron chi connectivity index (χ0n) is 17.0. The summed E-state index contributed by atoms with van der Waals surface area (Å²) in [7, 11) is 0. The van der Waals surface area contributed by atoms with Crippen molar-refractivity contribution in [3.05, 3.63) is 90.5 Å². The molecule has 1 N–H and O–H groups in total. The largest absolute Gasteiger partial charge is 0.494 e. The topological polar surface area (TPSA) is 62.3 Å². The van der Waals surface area contributed by atoms with Gasteiger partial charge in [-0.2, -0.15) is 5.26 Å². The Morgan fingerprint density at radius 1 is 0.968 bits per heavy atom. The van der Waals surface area contributed by atoms with Crippen LogP contribution in [0, 0.1) is 11.3 Å². The third-order valence-electron chi connectivity index (χ3n) is 5.21. The Kier molecular flexibility index (Phi) is 4.74. The van der Waals surface area contributed by atoms with Crippen LogP contribution in [0.3, 0.4) is 0 Å². The maximum Gasteiger partial charge on any atom is 0.158 e. The van der Waals surface area contributed by atoms with E-state index >= 15 is 0 Å². The number of nitriles is 1. The number of para-hydroxylation sites is 2. The van der Waals surface area contributed by atoms with Crippen LogP contribution < -0.4 is 10.1 Å². The van der Waals surface area contributed by atoms with Gasteiger partial charge in [-0.1, -0.05) is 42.5 Å². The minimum atomic E-state index is 0.555. The molecule has 0 unspecified atom stereocenters. The summed E-state index contributed by atoms with van der Waals surface area (Å²) in [6, 6.07) is 30.1. The van der Waals surface area contributed by atoms with E-state index in [2.05, 4.69) is 11.4 Å². The number of fused-ring (bicyclic) bond motifs is 3.